The number of carboxylic acids is 1. The molecule has 0 bridgehead atoms. The molecule has 12 rings (SSSR count). The molecule has 0 saturated heterocycles. The number of amides is 3. The number of carbonyl (C=O) groups is 4. The molecule has 492 valence electrons. The molecule has 26 heteroatoms. The zero-order valence-corrected chi connectivity index (χ0v) is 54.2. The lowest BCUT2D eigenvalue weighted by atomic mass is 10.1. The smallest absolute Gasteiger partial charge is 0.300 e. The highest BCUT2D eigenvalue weighted by Crippen LogP contribution is 2.28. The number of rotatable bonds is 15. The van der Waals surface area contributed by atoms with Crippen LogP contribution in [-0.2, 0) is 19.2 Å². The maximum absolute atomic E-state index is 13.2. The molecule has 6 heterocycles. The van der Waals surface area contributed by atoms with E-state index in [0.717, 1.165) is 6.92 Å². The van der Waals surface area contributed by atoms with E-state index in [1.165, 1.54) is 31.4 Å². The Morgan fingerprint density at radius 3 is 0.890 bits per heavy atom. The number of fused-ring (bicyclic) bond motifs is 3. The van der Waals surface area contributed by atoms with Gasteiger partial charge in [0.15, 0.2) is 0 Å². The summed E-state index contributed by atoms with van der Waals surface area (Å²) in [7, 11) is 0. The number of carbonyl (C=O) groups excluding carboxylic acids is 3. The standard InChI is InChI=1S/3C24H15ClN4O3.C2H4O2/c3*25-17-7-6-8-18(14-17)27-22(30)16(15-26)13-20-23(32-19-9-2-1-3-10-19)28-21-11-4-5-12-29(21)24(20)31;1-2(3)4/h3*1-14H,(H,27,30);1H3,(H,3,4)/b3*16-13+;. The van der Waals surface area contributed by atoms with Crippen molar-refractivity contribution in [2.45, 2.75) is 6.92 Å². The van der Waals surface area contributed by atoms with Gasteiger partial charge in [0, 0.05) is 57.6 Å². The first-order chi connectivity index (χ1) is 48.4. The molecule has 3 amide bonds. The van der Waals surface area contributed by atoms with E-state index in [0.29, 0.717) is 66.3 Å². The molecule has 0 radical (unpaired) electrons. The second-order valence-electron chi connectivity index (χ2n) is 20.4. The number of pyridine rings is 3. The number of benzene rings is 6. The van der Waals surface area contributed by atoms with Crippen molar-refractivity contribution in [2.24, 2.45) is 0 Å². The van der Waals surface area contributed by atoms with E-state index in [1.54, 1.807) is 219 Å². The summed E-state index contributed by atoms with van der Waals surface area (Å²) in [6, 6.07) is 66.6. The lowest BCUT2D eigenvalue weighted by molar-refractivity contribution is -0.134. The van der Waals surface area contributed by atoms with E-state index in [9.17, 15) is 44.6 Å². The third-order valence-electron chi connectivity index (χ3n) is 13.3. The quantitative estimate of drug-likeness (QED) is 0.0547. The van der Waals surface area contributed by atoms with Gasteiger partial charge in [-0.05, 0) is 146 Å². The van der Waals surface area contributed by atoms with Crippen LogP contribution < -0.4 is 46.8 Å². The number of anilines is 3. The Bertz CT molecular complexity index is 4960. The zero-order valence-electron chi connectivity index (χ0n) is 51.9. The monoisotopic (exact) mass is 1390 g/mol. The summed E-state index contributed by atoms with van der Waals surface area (Å²) in [6.45, 7) is 1.08. The van der Waals surface area contributed by atoms with Crippen LogP contribution in [0.3, 0.4) is 0 Å². The van der Waals surface area contributed by atoms with Crippen molar-refractivity contribution < 1.29 is 38.5 Å². The highest BCUT2D eigenvalue weighted by molar-refractivity contribution is 6.31. The van der Waals surface area contributed by atoms with Crippen LogP contribution in [0.5, 0.6) is 34.9 Å². The predicted octanol–water partition coefficient (Wildman–Crippen LogP) is 14.1. The first-order valence-electron chi connectivity index (χ1n) is 29.4. The first-order valence-corrected chi connectivity index (χ1v) is 30.5. The maximum Gasteiger partial charge on any atom is 0.300 e. The number of hydrogen-bond acceptors (Lipinski definition) is 16. The number of nitrogens with one attached hydrogen (secondary N) is 3. The van der Waals surface area contributed by atoms with Gasteiger partial charge in [0.25, 0.3) is 40.4 Å². The molecule has 4 N–H and O–H groups in total. The topological polar surface area (TPSA) is 327 Å². The number of aliphatic carboxylic acids is 1. The summed E-state index contributed by atoms with van der Waals surface area (Å²) in [6.07, 6.45) is 8.16. The maximum atomic E-state index is 13.2. The van der Waals surface area contributed by atoms with Gasteiger partial charge in [0.05, 0.1) is 0 Å². The number of carboxylic acid groups (broad SMARTS) is 1. The van der Waals surface area contributed by atoms with Crippen molar-refractivity contribution in [2.75, 3.05) is 16.0 Å². The Kier molecular flexibility index (Phi) is 24.0. The van der Waals surface area contributed by atoms with E-state index in [1.807, 2.05) is 36.4 Å². The van der Waals surface area contributed by atoms with E-state index in [4.69, 9.17) is 58.9 Å². The van der Waals surface area contributed by atoms with E-state index in [2.05, 4.69) is 30.9 Å². The van der Waals surface area contributed by atoms with Crippen molar-refractivity contribution in [3.05, 3.63) is 317 Å². The van der Waals surface area contributed by atoms with E-state index >= 15 is 0 Å². The van der Waals surface area contributed by atoms with Crippen LogP contribution in [0.15, 0.2) is 268 Å². The van der Waals surface area contributed by atoms with Crippen molar-refractivity contribution in [1.82, 2.24) is 28.2 Å². The summed E-state index contributed by atoms with van der Waals surface area (Å²) in [5, 5.41) is 45.3. The Morgan fingerprint density at radius 1 is 0.400 bits per heavy atom. The Balaban J connectivity index is 0.000000170. The molecule has 0 unspecified atom stereocenters. The van der Waals surface area contributed by atoms with Crippen LogP contribution in [0.1, 0.15) is 23.6 Å². The highest BCUT2D eigenvalue weighted by Gasteiger charge is 2.22. The fourth-order valence-corrected chi connectivity index (χ4v) is 9.40. The molecule has 100 heavy (non-hydrogen) atoms. The van der Waals surface area contributed by atoms with Crippen molar-refractivity contribution >= 4 is 111 Å². The second kappa shape index (κ2) is 34.1. The van der Waals surface area contributed by atoms with Gasteiger partial charge in [0.1, 0.15) is 85.8 Å². The number of aromatic nitrogens is 6. The van der Waals surface area contributed by atoms with Gasteiger partial charge >= 0.3 is 0 Å². The van der Waals surface area contributed by atoms with Gasteiger partial charge in [0.2, 0.25) is 17.6 Å². The third-order valence-corrected chi connectivity index (χ3v) is 14.0. The van der Waals surface area contributed by atoms with Crippen LogP contribution in [0, 0.1) is 34.0 Å². The average molecular weight is 1390 g/mol. The van der Waals surface area contributed by atoms with E-state index in [-0.39, 0.29) is 51.0 Å². The minimum atomic E-state index is -0.833. The lowest BCUT2D eigenvalue weighted by Crippen LogP contribution is -2.20. The second-order valence-corrected chi connectivity index (χ2v) is 21.7. The van der Waals surface area contributed by atoms with Crippen LogP contribution in [0.25, 0.3) is 35.2 Å². The number of nitrogens with zero attached hydrogens (tertiary/aromatic N) is 9. The molecular formula is C74H49Cl3N12O11. The number of hydrogen-bond donors (Lipinski definition) is 4. The first kappa shape index (κ1) is 70.6. The Morgan fingerprint density at radius 2 is 0.650 bits per heavy atom. The summed E-state index contributed by atoms with van der Waals surface area (Å²) < 4.78 is 21.4. The lowest BCUT2D eigenvalue weighted by Gasteiger charge is -2.10. The minimum absolute atomic E-state index is 0.0179. The molecule has 12 aromatic rings. The fraction of sp³-hybridized carbons (Fsp3) is 0.0135. The zero-order chi connectivity index (χ0) is 71.1. The van der Waals surface area contributed by atoms with Crippen LogP contribution in [-0.4, -0.2) is 57.0 Å². The van der Waals surface area contributed by atoms with Gasteiger partial charge in [-0.3, -0.25) is 46.8 Å². The third kappa shape index (κ3) is 19.0. The van der Waals surface area contributed by atoms with Crippen LogP contribution in [0.4, 0.5) is 17.1 Å². The SMILES string of the molecule is CC(=O)O.N#C/C(=C\c1c(Oc2ccccc2)nc2ccccn2c1=O)C(=O)Nc1cccc(Cl)c1.N#C/C(=C\c1c(Oc2ccccc2)nc2ccccn2c1=O)C(=O)Nc1cccc(Cl)c1.N#C/C(=C\c1c(Oc2ccccc2)nc2ccccn2c1=O)C(=O)Nc1cccc(Cl)c1. The van der Waals surface area contributed by atoms with E-state index < -0.39 is 40.4 Å². The van der Waals surface area contributed by atoms with Gasteiger partial charge in [-0.2, -0.15) is 30.7 Å². The van der Waals surface area contributed by atoms with Crippen LogP contribution >= 0.6 is 34.8 Å². The summed E-state index contributed by atoms with van der Waals surface area (Å²) in [5.74, 6) is -1.61. The Labute approximate surface area is 582 Å². The van der Waals surface area contributed by atoms with Gasteiger partial charge in [-0.15, -0.1) is 0 Å². The molecule has 0 atom stereocenters. The molecule has 0 fully saturated rings. The Hall–Kier alpha value is -13.8. The molecule has 6 aromatic carbocycles. The van der Waals surface area contributed by atoms with Crippen molar-refractivity contribution in [1.29, 1.82) is 15.8 Å². The van der Waals surface area contributed by atoms with Gasteiger partial charge in [-0.1, -0.05) is 126 Å². The average Bonchev–Trinajstić information content (AvgIpc) is 0.797. The minimum Gasteiger partial charge on any atom is -0.481 e. The largest absolute Gasteiger partial charge is 0.481 e. The predicted molar refractivity (Wildman–Crippen MR) is 378 cm³/mol. The number of nitriles is 3. The molecular weight excluding hydrogens is 1340 g/mol. The molecule has 6 aromatic heterocycles. The van der Waals surface area contributed by atoms with Gasteiger partial charge in [-0.25, -0.2) is 0 Å². The molecule has 0 aliphatic rings. The summed E-state index contributed by atoms with van der Waals surface area (Å²) in [5.41, 5.74) is -0.0886. The molecule has 23 nitrogen and oxygen atoms in total. The number of ether oxygens (including phenoxy) is 3. The summed E-state index contributed by atoms with van der Waals surface area (Å²) in [4.78, 5) is 99.8. The molecule has 0 saturated carbocycles. The van der Waals surface area contributed by atoms with Crippen molar-refractivity contribution in [3.8, 4) is 53.1 Å². The fourth-order valence-electron chi connectivity index (χ4n) is 8.82. The number of para-hydroxylation sites is 3. The summed E-state index contributed by atoms with van der Waals surface area (Å²) >= 11 is 17.8. The normalized spacial score (nSPS) is 10.9. The van der Waals surface area contributed by atoms with Gasteiger partial charge < -0.3 is 35.3 Å². The molecule has 0 aliphatic heterocycles. The highest BCUT2D eigenvalue weighted by atomic mass is 35.5. The molecule has 0 spiro atoms. The van der Waals surface area contributed by atoms with Crippen molar-refractivity contribution in [3.63, 3.8) is 0 Å². The number of halogens is 3. The van der Waals surface area contributed by atoms with Crippen LogP contribution in [0.2, 0.25) is 15.1 Å². The molecule has 0 aliphatic carbocycles.